The summed E-state index contributed by atoms with van der Waals surface area (Å²) in [6.07, 6.45) is -3.57. The number of nitrogens with zero attached hydrogens (tertiary/aromatic N) is 5. The monoisotopic (exact) mass is 358 g/mol. The van der Waals surface area contributed by atoms with Crippen molar-refractivity contribution in [2.45, 2.75) is 25.9 Å². The van der Waals surface area contributed by atoms with Gasteiger partial charge in [-0.3, -0.25) is 0 Å². The summed E-state index contributed by atoms with van der Waals surface area (Å²) in [5.74, 6) is -3.81. The summed E-state index contributed by atoms with van der Waals surface area (Å²) in [6.45, 7) is 2.27. The lowest BCUT2D eigenvalue weighted by Gasteiger charge is -2.10. The second-order valence-corrected chi connectivity index (χ2v) is 5.37. The van der Waals surface area contributed by atoms with Gasteiger partial charge in [0.2, 0.25) is 5.82 Å². The van der Waals surface area contributed by atoms with Crippen molar-refractivity contribution in [1.82, 2.24) is 24.6 Å². The minimum atomic E-state index is -4.55. The van der Waals surface area contributed by atoms with Gasteiger partial charge >= 0.3 is 12.1 Å². The van der Waals surface area contributed by atoms with Crippen LogP contribution in [0, 0.1) is 6.92 Å². The number of rotatable bonds is 3. The second-order valence-electron chi connectivity index (χ2n) is 5.37. The highest BCUT2D eigenvalue weighted by molar-refractivity contribution is 5.58. The fraction of sp³-hybridized carbons (Fsp3) is 0.286. The van der Waals surface area contributed by atoms with E-state index >= 15 is 0 Å². The van der Waals surface area contributed by atoms with Gasteiger partial charge in [-0.05, 0) is 19.1 Å². The van der Waals surface area contributed by atoms with Crippen LogP contribution in [-0.2, 0) is 12.1 Å². The molecule has 0 aliphatic heterocycles. The van der Waals surface area contributed by atoms with Gasteiger partial charge in [0.15, 0.2) is 0 Å². The summed E-state index contributed by atoms with van der Waals surface area (Å²) in [7, 11) is 0. The molecule has 3 rings (SSSR count). The van der Waals surface area contributed by atoms with Gasteiger partial charge in [-0.2, -0.15) is 31.5 Å². The Balaban J connectivity index is 1.99. The predicted molar refractivity (Wildman–Crippen MR) is 77.6 cm³/mol. The van der Waals surface area contributed by atoms with Crippen molar-refractivity contribution in [3.8, 4) is 0 Å². The molecular formula is C14H11F5N6. The number of hydrogen-bond donors (Lipinski definition) is 1. The first-order chi connectivity index (χ1) is 11.5. The van der Waals surface area contributed by atoms with Crippen molar-refractivity contribution in [3.63, 3.8) is 0 Å². The third kappa shape index (κ3) is 3.49. The van der Waals surface area contributed by atoms with Gasteiger partial charge in [0.05, 0.1) is 11.9 Å². The van der Waals surface area contributed by atoms with Crippen LogP contribution in [0.15, 0.2) is 24.4 Å². The summed E-state index contributed by atoms with van der Waals surface area (Å²) in [6, 6.07) is 3.47. The van der Waals surface area contributed by atoms with Crippen LogP contribution in [-0.4, -0.2) is 24.6 Å². The summed E-state index contributed by atoms with van der Waals surface area (Å²) < 4.78 is 65.5. The number of anilines is 2. The van der Waals surface area contributed by atoms with Crippen molar-refractivity contribution < 1.29 is 22.0 Å². The Morgan fingerprint density at radius 3 is 2.36 bits per heavy atom. The van der Waals surface area contributed by atoms with Gasteiger partial charge in [-0.25, -0.2) is 9.97 Å². The Bertz CT molecular complexity index is 910. The first-order valence-corrected chi connectivity index (χ1v) is 6.97. The number of pyridine rings is 1. The predicted octanol–water partition coefficient (Wildman–Crippen LogP) is 3.70. The van der Waals surface area contributed by atoms with Crippen LogP contribution < -0.4 is 5.32 Å². The number of hydrogen-bond acceptors (Lipinski definition) is 5. The lowest BCUT2D eigenvalue weighted by Crippen LogP contribution is -2.10. The van der Waals surface area contributed by atoms with E-state index in [-0.39, 0.29) is 17.3 Å². The normalized spacial score (nSPS) is 12.6. The quantitative estimate of drug-likeness (QED) is 0.723. The molecule has 132 valence electrons. The van der Waals surface area contributed by atoms with Crippen molar-refractivity contribution in [2.75, 3.05) is 5.32 Å². The first-order valence-electron chi connectivity index (χ1n) is 6.97. The highest BCUT2D eigenvalue weighted by Crippen LogP contribution is 2.29. The smallest absolute Gasteiger partial charge is 0.339 e. The lowest BCUT2D eigenvalue weighted by atomic mass is 10.3. The molecule has 0 unspecified atom stereocenters. The third-order valence-electron chi connectivity index (χ3n) is 3.16. The average molecular weight is 358 g/mol. The zero-order chi connectivity index (χ0) is 18.4. The van der Waals surface area contributed by atoms with Crippen LogP contribution in [0.2, 0.25) is 0 Å². The highest BCUT2D eigenvalue weighted by atomic mass is 19.4. The maximum absolute atomic E-state index is 13.4. The minimum Gasteiger partial charge on any atom is -0.339 e. The Labute approximate surface area is 137 Å². The molecule has 0 aromatic carbocycles. The number of aromatic nitrogens is 5. The number of halogens is 5. The van der Waals surface area contributed by atoms with Crippen molar-refractivity contribution >= 4 is 17.3 Å². The van der Waals surface area contributed by atoms with Crippen molar-refractivity contribution in [1.29, 1.82) is 0 Å². The van der Waals surface area contributed by atoms with E-state index in [0.717, 1.165) is 16.8 Å². The molecule has 3 aromatic rings. The van der Waals surface area contributed by atoms with Gasteiger partial charge in [0.25, 0.3) is 5.78 Å². The van der Waals surface area contributed by atoms with Crippen molar-refractivity contribution in [3.05, 3.63) is 41.6 Å². The largest absolute Gasteiger partial charge is 0.433 e. The molecule has 3 aromatic heterocycles. The fourth-order valence-corrected chi connectivity index (χ4v) is 2.05. The molecule has 0 aliphatic carbocycles. The SMILES string of the molecule is Cc1cc(Nc2ccc(C(F)(F)F)nc2)n2nc(C(C)(F)F)nc2n1. The van der Waals surface area contributed by atoms with Gasteiger partial charge in [-0.15, -0.1) is 5.10 Å². The Kier molecular flexibility index (Phi) is 3.81. The maximum Gasteiger partial charge on any atom is 0.433 e. The molecule has 0 atom stereocenters. The zero-order valence-corrected chi connectivity index (χ0v) is 12.9. The van der Waals surface area contributed by atoms with E-state index in [1.165, 1.54) is 12.1 Å². The third-order valence-corrected chi connectivity index (χ3v) is 3.16. The van der Waals surface area contributed by atoms with Gasteiger partial charge < -0.3 is 5.32 Å². The number of alkyl halides is 5. The maximum atomic E-state index is 13.4. The second kappa shape index (κ2) is 5.60. The molecule has 11 heteroatoms. The summed E-state index contributed by atoms with van der Waals surface area (Å²) >= 11 is 0. The molecule has 6 nitrogen and oxygen atoms in total. The Morgan fingerprint density at radius 2 is 1.80 bits per heavy atom. The van der Waals surface area contributed by atoms with Crippen LogP contribution in [0.25, 0.3) is 5.78 Å². The van der Waals surface area contributed by atoms with Crippen LogP contribution in [0.5, 0.6) is 0 Å². The van der Waals surface area contributed by atoms with E-state index in [9.17, 15) is 22.0 Å². The topological polar surface area (TPSA) is 68.0 Å². The summed E-state index contributed by atoms with van der Waals surface area (Å²) in [5.41, 5.74) is -0.351. The number of fused-ring (bicyclic) bond motifs is 1. The average Bonchev–Trinajstić information content (AvgIpc) is 2.91. The molecule has 0 saturated carbocycles. The van der Waals surface area contributed by atoms with E-state index in [4.69, 9.17) is 0 Å². The molecular weight excluding hydrogens is 347 g/mol. The van der Waals surface area contributed by atoms with Gasteiger partial charge in [0.1, 0.15) is 11.5 Å². The van der Waals surface area contributed by atoms with Crippen LogP contribution in [0.1, 0.15) is 24.1 Å². The summed E-state index contributed by atoms with van der Waals surface area (Å²) in [5, 5.41) is 6.49. The van der Waals surface area contributed by atoms with E-state index < -0.39 is 23.6 Å². The first kappa shape index (κ1) is 17.0. The zero-order valence-electron chi connectivity index (χ0n) is 12.9. The van der Waals surface area contributed by atoms with E-state index in [1.807, 2.05) is 0 Å². The van der Waals surface area contributed by atoms with E-state index in [1.54, 1.807) is 6.92 Å². The molecule has 0 fully saturated rings. The molecule has 0 amide bonds. The Hall–Kier alpha value is -2.85. The minimum absolute atomic E-state index is 0.0566. The Morgan fingerprint density at radius 1 is 1.08 bits per heavy atom. The van der Waals surface area contributed by atoms with Crippen molar-refractivity contribution in [2.24, 2.45) is 0 Å². The molecule has 25 heavy (non-hydrogen) atoms. The van der Waals surface area contributed by atoms with Gasteiger partial charge in [0, 0.05) is 18.7 Å². The van der Waals surface area contributed by atoms with Crippen LogP contribution in [0.4, 0.5) is 33.5 Å². The van der Waals surface area contributed by atoms with E-state index in [0.29, 0.717) is 12.6 Å². The van der Waals surface area contributed by atoms with E-state index in [2.05, 4.69) is 25.4 Å². The van der Waals surface area contributed by atoms with Gasteiger partial charge in [-0.1, -0.05) is 0 Å². The molecule has 0 saturated heterocycles. The standard InChI is InChI=1S/C14H11F5N6/c1-7-5-10(22-8-3-4-9(20-6-8)14(17,18)19)25-12(21-7)23-11(24-25)13(2,15)16/h3-6,22H,1-2H3. The fourth-order valence-electron chi connectivity index (χ4n) is 2.05. The van der Waals surface area contributed by atoms with Crippen LogP contribution in [0.3, 0.4) is 0 Å². The highest BCUT2D eigenvalue weighted by Gasteiger charge is 2.32. The molecule has 0 spiro atoms. The summed E-state index contributed by atoms with van der Waals surface area (Å²) in [4.78, 5) is 11.0. The molecule has 3 heterocycles. The molecule has 0 aliphatic rings. The number of nitrogens with one attached hydrogen (secondary N) is 1. The molecule has 0 bridgehead atoms. The molecule has 0 radical (unpaired) electrons. The lowest BCUT2D eigenvalue weighted by molar-refractivity contribution is -0.141. The van der Waals surface area contributed by atoms with Crippen LogP contribution >= 0.6 is 0 Å². The molecule has 1 N–H and O–H groups in total. The number of aryl methyl sites for hydroxylation is 1.